The predicted molar refractivity (Wildman–Crippen MR) is 74.1 cm³/mol. The van der Waals surface area contributed by atoms with E-state index in [1.807, 2.05) is 44.2 Å². The molecule has 0 radical (unpaired) electrons. The average Bonchev–Trinajstić information content (AvgIpc) is 2.30. The van der Waals surface area contributed by atoms with E-state index in [9.17, 15) is 5.11 Å². The monoisotopic (exact) mass is 245 g/mol. The SMILES string of the molecule is COc1cccc2c(O)c(CC(C)(C)N)ccc12. The molecular formula is C15H19NO2. The van der Waals surface area contributed by atoms with Crippen molar-refractivity contribution in [3.8, 4) is 11.5 Å². The smallest absolute Gasteiger partial charge is 0.126 e. The van der Waals surface area contributed by atoms with Gasteiger partial charge in [0, 0.05) is 16.3 Å². The quantitative estimate of drug-likeness (QED) is 0.874. The van der Waals surface area contributed by atoms with Crippen LogP contribution in [0.1, 0.15) is 19.4 Å². The van der Waals surface area contributed by atoms with Crippen LogP contribution in [0.3, 0.4) is 0 Å². The second kappa shape index (κ2) is 4.50. The van der Waals surface area contributed by atoms with E-state index in [2.05, 4.69) is 0 Å². The van der Waals surface area contributed by atoms with Crippen molar-refractivity contribution in [3.63, 3.8) is 0 Å². The first-order chi connectivity index (χ1) is 8.42. The molecule has 0 atom stereocenters. The predicted octanol–water partition coefficient (Wildman–Crippen LogP) is 2.83. The number of methoxy groups -OCH3 is 1. The molecule has 0 saturated carbocycles. The zero-order chi connectivity index (χ0) is 13.3. The first-order valence-corrected chi connectivity index (χ1v) is 5.99. The Labute approximate surface area is 107 Å². The normalized spacial score (nSPS) is 11.8. The van der Waals surface area contributed by atoms with Crippen molar-refractivity contribution in [1.29, 1.82) is 0 Å². The summed E-state index contributed by atoms with van der Waals surface area (Å²) in [7, 11) is 1.63. The number of phenols is 1. The minimum Gasteiger partial charge on any atom is -0.507 e. The van der Waals surface area contributed by atoms with Gasteiger partial charge in [-0.3, -0.25) is 0 Å². The van der Waals surface area contributed by atoms with Crippen LogP contribution in [-0.2, 0) is 6.42 Å². The Hall–Kier alpha value is -1.74. The fraction of sp³-hybridized carbons (Fsp3) is 0.333. The van der Waals surface area contributed by atoms with Crippen LogP contribution in [0, 0.1) is 0 Å². The molecule has 2 aromatic carbocycles. The van der Waals surface area contributed by atoms with Crippen molar-refractivity contribution in [2.75, 3.05) is 7.11 Å². The fourth-order valence-corrected chi connectivity index (χ4v) is 2.17. The summed E-state index contributed by atoms with van der Waals surface area (Å²) in [5, 5.41) is 12.0. The van der Waals surface area contributed by atoms with Crippen LogP contribution in [0.5, 0.6) is 11.5 Å². The summed E-state index contributed by atoms with van der Waals surface area (Å²) in [6.07, 6.45) is 0.631. The van der Waals surface area contributed by atoms with Crippen molar-refractivity contribution in [2.24, 2.45) is 5.73 Å². The minimum atomic E-state index is -0.343. The number of fused-ring (bicyclic) bond motifs is 1. The highest BCUT2D eigenvalue weighted by Gasteiger charge is 2.16. The number of phenolic OH excluding ortho intramolecular Hbond substituents is 1. The van der Waals surface area contributed by atoms with Crippen molar-refractivity contribution in [3.05, 3.63) is 35.9 Å². The van der Waals surface area contributed by atoms with Crippen LogP contribution < -0.4 is 10.5 Å². The van der Waals surface area contributed by atoms with Gasteiger partial charge in [-0.15, -0.1) is 0 Å². The molecule has 0 aromatic heterocycles. The summed E-state index contributed by atoms with van der Waals surface area (Å²) in [4.78, 5) is 0. The maximum atomic E-state index is 10.3. The van der Waals surface area contributed by atoms with E-state index in [0.717, 1.165) is 22.1 Å². The molecular weight excluding hydrogens is 226 g/mol. The van der Waals surface area contributed by atoms with Gasteiger partial charge in [0.15, 0.2) is 0 Å². The first-order valence-electron chi connectivity index (χ1n) is 5.99. The van der Waals surface area contributed by atoms with E-state index in [1.165, 1.54) is 0 Å². The van der Waals surface area contributed by atoms with Crippen LogP contribution in [0.25, 0.3) is 10.8 Å². The van der Waals surface area contributed by atoms with Gasteiger partial charge in [-0.1, -0.05) is 24.3 Å². The van der Waals surface area contributed by atoms with Gasteiger partial charge in [-0.2, -0.15) is 0 Å². The molecule has 0 fully saturated rings. The summed E-state index contributed by atoms with van der Waals surface area (Å²) >= 11 is 0. The van der Waals surface area contributed by atoms with Gasteiger partial charge in [0.25, 0.3) is 0 Å². The highest BCUT2D eigenvalue weighted by atomic mass is 16.5. The molecule has 0 aliphatic rings. The number of rotatable bonds is 3. The van der Waals surface area contributed by atoms with E-state index in [-0.39, 0.29) is 5.54 Å². The molecule has 96 valence electrons. The van der Waals surface area contributed by atoms with Crippen LogP contribution in [0.4, 0.5) is 0 Å². The molecule has 0 bridgehead atoms. The van der Waals surface area contributed by atoms with E-state index < -0.39 is 0 Å². The Morgan fingerprint density at radius 3 is 2.50 bits per heavy atom. The van der Waals surface area contributed by atoms with Crippen LogP contribution in [0.2, 0.25) is 0 Å². The van der Waals surface area contributed by atoms with E-state index >= 15 is 0 Å². The third-order valence-corrected chi connectivity index (χ3v) is 2.94. The van der Waals surface area contributed by atoms with Gasteiger partial charge >= 0.3 is 0 Å². The van der Waals surface area contributed by atoms with Crippen molar-refractivity contribution < 1.29 is 9.84 Å². The molecule has 0 saturated heterocycles. The Balaban J connectivity index is 2.58. The average molecular weight is 245 g/mol. The molecule has 2 rings (SSSR count). The molecule has 0 heterocycles. The third-order valence-electron chi connectivity index (χ3n) is 2.94. The van der Waals surface area contributed by atoms with E-state index in [0.29, 0.717) is 12.2 Å². The largest absolute Gasteiger partial charge is 0.507 e. The summed E-state index contributed by atoms with van der Waals surface area (Å²) in [5.74, 6) is 1.06. The van der Waals surface area contributed by atoms with Gasteiger partial charge < -0.3 is 15.6 Å². The standard InChI is InChI=1S/C15H19NO2/c1-15(2,16)9-10-7-8-11-12(14(10)17)5-4-6-13(11)18-3/h4-8,17H,9,16H2,1-3H3. The molecule has 0 unspecified atom stereocenters. The zero-order valence-corrected chi connectivity index (χ0v) is 11.0. The van der Waals surface area contributed by atoms with Crippen LogP contribution in [-0.4, -0.2) is 17.8 Å². The maximum Gasteiger partial charge on any atom is 0.126 e. The topological polar surface area (TPSA) is 55.5 Å². The summed E-state index contributed by atoms with van der Waals surface area (Å²) in [6.45, 7) is 3.89. The summed E-state index contributed by atoms with van der Waals surface area (Å²) in [5.41, 5.74) is 6.52. The highest BCUT2D eigenvalue weighted by molar-refractivity contribution is 5.93. The number of benzene rings is 2. The lowest BCUT2D eigenvalue weighted by atomic mass is 9.93. The number of nitrogens with two attached hydrogens (primary N) is 1. The van der Waals surface area contributed by atoms with Crippen LogP contribution >= 0.6 is 0 Å². The number of aromatic hydroxyl groups is 1. The van der Waals surface area contributed by atoms with Gasteiger partial charge in [0.2, 0.25) is 0 Å². The summed E-state index contributed by atoms with van der Waals surface area (Å²) in [6, 6.07) is 9.52. The molecule has 3 heteroatoms. The molecule has 18 heavy (non-hydrogen) atoms. The molecule has 0 spiro atoms. The lowest BCUT2D eigenvalue weighted by Crippen LogP contribution is -2.34. The van der Waals surface area contributed by atoms with Crippen molar-refractivity contribution in [1.82, 2.24) is 0 Å². The number of hydrogen-bond acceptors (Lipinski definition) is 3. The lowest BCUT2D eigenvalue weighted by molar-refractivity contribution is 0.419. The highest BCUT2D eigenvalue weighted by Crippen LogP contribution is 2.35. The fourth-order valence-electron chi connectivity index (χ4n) is 2.17. The van der Waals surface area contributed by atoms with E-state index in [4.69, 9.17) is 10.5 Å². The molecule has 0 amide bonds. The zero-order valence-electron chi connectivity index (χ0n) is 11.0. The molecule has 0 aliphatic heterocycles. The van der Waals surface area contributed by atoms with Gasteiger partial charge in [-0.25, -0.2) is 0 Å². The lowest BCUT2D eigenvalue weighted by Gasteiger charge is -2.20. The van der Waals surface area contributed by atoms with Gasteiger partial charge in [-0.05, 0) is 31.9 Å². The summed E-state index contributed by atoms with van der Waals surface area (Å²) < 4.78 is 5.29. The Kier molecular flexibility index (Phi) is 3.18. The first kappa shape index (κ1) is 12.7. The number of hydrogen-bond donors (Lipinski definition) is 2. The molecule has 3 N–H and O–H groups in total. The Morgan fingerprint density at radius 1 is 1.17 bits per heavy atom. The third kappa shape index (κ3) is 2.41. The molecule has 0 aliphatic carbocycles. The Bertz CT molecular complexity index is 570. The van der Waals surface area contributed by atoms with Gasteiger partial charge in [0.1, 0.15) is 11.5 Å². The Morgan fingerprint density at radius 2 is 1.89 bits per heavy atom. The maximum absolute atomic E-state index is 10.3. The van der Waals surface area contributed by atoms with Crippen molar-refractivity contribution in [2.45, 2.75) is 25.8 Å². The van der Waals surface area contributed by atoms with Crippen molar-refractivity contribution >= 4 is 10.8 Å². The second-order valence-electron chi connectivity index (χ2n) is 5.29. The second-order valence-corrected chi connectivity index (χ2v) is 5.29. The molecule has 2 aromatic rings. The van der Waals surface area contributed by atoms with Gasteiger partial charge in [0.05, 0.1) is 7.11 Å². The van der Waals surface area contributed by atoms with Crippen LogP contribution in [0.15, 0.2) is 30.3 Å². The molecule has 3 nitrogen and oxygen atoms in total. The number of ether oxygens (including phenoxy) is 1. The minimum absolute atomic E-state index is 0.296. The van der Waals surface area contributed by atoms with E-state index in [1.54, 1.807) is 7.11 Å².